The molecule has 0 aliphatic carbocycles. The van der Waals surface area contributed by atoms with Crippen LogP contribution >= 0.6 is 11.8 Å². The number of rotatable bonds is 4. The molecular formula is C16H21N3O2S. The number of carbonyl (C=O) groups excluding carboxylic acids is 1. The topological polar surface area (TPSA) is 57.0 Å². The summed E-state index contributed by atoms with van der Waals surface area (Å²) in [5, 5.41) is 9.06. The molecule has 2 rings (SSSR count). The third-order valence-corrected chi connectivity index (χ3v) is 3.88. The van der Waals surface area contributed by atoms with Crippen molar-refractivity contribution >= 4 is 17.7 Å². The Balaban J connectivity index is 2.05. The summed E-state index contributed by atoms with van der Waals surface area (Å²) in [5.41, 5.74) is 1.74. The van der Waals surface area contributed by atoms with Crippen molar-refractivity contribution in [3.05, 3.63) is 29.8 Å². The Morgan fingerprint density at radius 1 is 1.23 bits per heavy atom. The first-order chi connectivity index (χ1) is 10.3. The summed E-state index contributed by atoms with van der Waals surface area (Å²) in [6.45, 7) is 7.61. The molecule has 5 nitrogen and oxygen atoms in total. The molecule has 0 saturated carbocycles. The van der Waals surface area contributed by atoms with E-state index < -0.39 is 5.60 Å². The van der Waals surface area contributed by atoms with Crippen molar-refractivity contribution in [3.8, 4) is 11.4 Å². The quantitative estimate of drug-likeness (QED) is 0.640. The van der Waals surface area contributed by atoms with E-state index >= 15 is 0 Å². The number of ether oxygens (including phenoxy) is 1. The third kappa shape index (κ3) is 4.34. The Kier molecular flexibility index (Phi) is 4.90. The number of esters is 1. The van der Waals surface area contributed by atoms with E-state index in [1.165, 1.54) is 17.3 Å². The van der Waals surface area contributed by atoms with Crippen molar-refractivity contribution in [2.75, 3.05) is 5.75 Å². The molecule has 0 unspecified atom stereocenters. The minimum absolute atomic E-state index is 0.219. The predicted octanol–water partition coefficient (Wildman–Crippen LogP) is 3.22. The Bertz CT molecular complexity index is 657. The highest BCUT2D eigenvalue weighted by Crippen LogP contribution is 2.23. The molecule has 22 heavy (non-hydrogen) atoms. The predicted molar refractivity (Wildman–Crippen MR) is 87.7 cm³/mol. The Morgan fingerprint density at radius 3 is 2.45 bits per heavy atom. The monoisotopic (exact) mass is 319 g/mol. The van der Waals surface area contributed by atoms with Crippen LogP contribution in [0.2, 0.25) is 0 Å². The highest BCUT2D eigenvalue weighted by Gasteiger charge is 2.18. The number of hydrogen-bond donors (Lipinski definition) is 0. The molecule has 6 heteroatoms. The van der Waals surface area contributed by atoms with Gasteiger partial charge in [-0.05, 0) is 27.7 Å². The standard InChI is InChI=1S/C16H21N3O2S/c1-11-6-8-12(9-7-11)14-17-18-15(19(14)5)22-10-13(20)21-16(2,3)4/h6-9H,10H2,1-5H3. The van der Waals surface area contributed by atoms with Crippen molar-refractivity contribution in [1.82, 2.24) is 14.8 Å². The second-order valence-corrected chi connectivity index (χ2v) is 7.05. The molecule has 0 fully saturated rings. The van der Waals surface area contributed by atoms with E-state index in [-0.39, 0.29) is 11.7 Å². The van der Waals surface area contributed by atoms with Gasteiger partial charge >= 0.3 is 5.97 Å². The molecular weight excluding hydrogens is 298 g/mol. The fourth-order valence-corrected chi connectivity index (χ4v) is 2.57. The summed E-state index contributed by atoms with van der Waals surface area (Å²) >= 11 is 1.33. The second-order valence-electron chi connectivity index (χ2n) is 6.11. The molecule has 1 heterocycles. The lowest BCUT2D eigenvalue weighted by molar-refractivity contribution is -0.151. The van der Waals surface area contributed by atoms with Crippen LogP contribution in [-0.2, 0) is 16.6 Å². The first-order valence-electron chi connectivity index (χ1n) is 7.07. The smallest absolute Gasteiger partial charge is 0.316 e. The van der Waals surface area contributed by atoms with Crippen LogP contribution in [0.15, 0.2) is 29.4 Å². The van der Waals surface area contributed by atoms with Gasteiger partial charge in [0.15, 0.2) is 11.0 Å². The van der Waals surface area contributed by atoms with Gasteiger partial charge in [-0.25, -0.2) is 0 Å². The SMILES string of the molecule is Cc1ccc(-c2nnc(SCC(=O)OC(C)(C)C)n2C)cc1. The Labute approximate surface area is 135 Å². The molecule has 0 spiro atoms. The summed E-state index contributed by atoms with van der Waals surface area (Å²) in [4.78, 5) is 11.8. The largest absolute Gasteiger partial charge is 0.459 e. The van der Waals surface area contributed by atoms with Gasteiger partial charge in [0.1, 0.15) is 5.60 Å². The van der Waals surface area contributed by atoms with E-state index in [9.17, 15) is 4.79 Å². The van der Waals surface area contributed by atoms with Crippen molar-refractivity contribution in [2.24, 2.45) is 7.05 Å². The van der Waals surface area contributed by atoms with Crippen LogP contribution in [-0.4, -0.2) is 32.1 Å². The molecule has 0 N–H and O–H groups in total. The number of carbonyl (C=O) groups is 1. The van der Waals surface area contributed by atoms with E-state index in [1.807, 2.05) is 63.6 Å². The molecule has 0 amide bonds. The van der Waals surface area contributed by atoms with Gasteiger partial charge in [0.05, 0.1) is 5.75 Å². The zero-order chi connectivity index (χ0) is 16.3. The van der Waals surface area contributed by atoms with Crippen molar-refractivity contribution in [1.29, 1.82) is 0 Å². The fraction of sp³-hybridized carbons (Fsp3) is 0.438. The van der Waals surface area contributed by atoms with Crippen LogP contribution in [0.3, 0.4) is 0 Å². The van der Waals surface area contributed by atoms with Gasteiger partial charge in [0, 0.05) is 12.6 Å². The average Bonchev–Trinajstić information content (AvgIpc) is 2.77. The fourth-order valence-electron chi connectivity index (χ4n) is 1.89. The van der Waals surface area contributed by atoms with Crippen LogP contribution in [0.5, 0.6) is 0 Å². The average molecular weight is 319 g/mol. The van der Waals surface area contributed by atoms with E-state index in [0.717, 1.165) is 11.4 Å². The van der Waals surface area contributed by atoms with Crippen LogP contribution in [0.25, 0.3) is 11.4 Å². The highest BCUT2D eigenvalue weighted by atomic mass is 32.2. The number of aryl methyl sites for hydroxylation is 1. The maximum absolute atomic E-state index is 11.8. The van der Waals surface area contributed by atoms with E-state index in [0.29, 0.717) is 5.16 Å². The van der Waals surface area contributed by atoms with Crippen molar-refractivity contribution < 1.29 is 9.53 Å². The van der Waals surface area contributed by atoms with E-state index in [2.05, 4.69) is 10.2 Å². The van der Waals surface area contributed by atoms with Gasteiger partial charge in [-0.1, -0.05) is 41.6 Å². The number of nitrogens with zero attached hydrogens (tertiary/aromatic N) is 3. The third-order valence-electron chi connectivity index (χ3n) is 2.88. The lowest BCUT2D eigenvalue weighted by atomic mass is 10.1. The summed E-state index contributed by atoms with van der Waals surface area (Å²) in [7, 11) is 1.90. The summed E-state index contributed by atoms with van der Waals surface area (Å²) in [5.74, 6) is 0.751. The van der Waals surface area contributed by atoms with E-state index in [4.69, 9.17) is 4.74 Å². The number of thioether (sulfide) groups is 1. The number of hydrogen-bond acceptors (Lipinski definition) is 5. The maximum Gasteiger partial charge on any atom is 0.316 e. The summed E-state index contributed by atoms with van der Waals surface area (Å²) in [6.07, 6.45) is 0. The van der Waals surface area contributed by atoms with E-state index in [1.54, 1.807) is 0 Å². The summed E-state index contributed by atoms with van der Waals surface area (Å²) in [6, 6.07) is 8.11. The van der Waals surface area contributed by atoms with Crippen LogP contribution < -0.4 is 0 Å². The lowest BCUT2D eigenvalue weighted by Crippen LogP contribution is -2.25. The van der Waals surface area contributed by atoms with Gasteiger partial charge in [-0.15, -0.1) is 10.2 Å². The Morgan fingerprint density at radius 2 is 1.86 bits per heavy atom. The van der Waals surface area contributed by atoms with Gasteiger partial charge in [-0.2, -0.15) is 0 Å². The maximum atomic E-state index is 11.8. The Hall–Kier alpha value is -1.82. The molecule has 118 valence electrons. The molecule has 2 aromatic rings. The molecule has 0 atom stereocenters. The van der Waals surface area contributed by atoms with Gasteiger partial charge in [-0.3, -0.25) is 4.79 Å². The normalized spacial score (nSPS) is 11.5. The summed E-state index contributed by atoms with van der Waals surface area (Å²) < 4.78 is 7.18. The van der Waals surface area contributed by atoms with Crippen LogP contribution in [0, 0.1) is 6.92 Å². The van der Waals surface area contributed by atoms with Crippen LogP contribution in [0.1, 0.15) is 26.3 Å². The number of benzene rings is 1. The van der Waals surface area contributed by atoms with Crippen molar-refractivity contribution in [2.45, 2.75) is 38.5 Å². The molecule has 0 saturated heterocycles. The molecule has 0 bridgehead atoms. The first-order valence-corrected chi connectivity index (χ1v) is 8.06. The van der Waals surface area contributed by atoms with Gasteiger partial charge in [0.25, 0.3) is 0 Å². The second kappa shape index (κ2) is 6.52. The zero-order valence-corrected chi connectivity index (χ0v) is 14.4. The van der Waals surface area contributed by atoms with Gasteiger partial charge < -0.3 is 9.30 Å². The minimum Gasteiger partial charge on any atom is -0.459 e. The molecule has 0 aliphatic rings. The molecule has 0 aliphatic heterocycles. The van der Waals surface area contributed by atoms with Crippen LogP contribution in [0.4, 0.5) is 0 Å². The highest BCUT2D eigenvalue weighted by molar-refractivity contribution is 7.99. The molecule has 1 aromatic heterocycles. The van der Waals surface area contributed by atoms with Gasteiger partial charge in [0.2, 0.25) is 0 Å². The first kappa shape index (κ1) is 16.5. The lowest BCUT2D eigenvalue weighted by Gasteiger charge is -2.19. The molecule has 0 radical (unpaired) electrons. The zero-order valence-electron chi connectivity index (χ0n) is 13.6. The van der Waals surface area contributed by atoms with Crippen molar-refractivity contribution in [3.63, 3.8) is 0 Å². The minimum atomic E-state index is -0.468. The molecule has 1 aromatic carbocycles. The number of aromatic nitrogens is 3.